The normalized spacial score (nSPS) is 12.5. The summed E-state index contributed by atoms with van der Waals surface area (Å²) in [5.41, 5.74) is 2.15. The molecule has 0 fully saturated rings. The standard InChI is InChI=1S/C19H12FNO2S/c20-12-9-10-14(13(11-12)19(22)23)21-15-5-1-3-7-17(15)24-18-8-4-2-6-16(18)21/h1-11H,(H,22,23). The lowest BCUT2D eigenvalue weighted by atomic mass is 10.1. The van der Waals surface area contributed by atoms with Gasteiger partial charge in [-0.1, -0.05) is 36.0 Å². The number of anilines is 3. The van der Waals surface area contributed by atoms with E-state index in [1.165, 1.54) is 12.1 Å². The molecule has 0 bridgehead atoms. The third kappa shape index (κ3) is 2.34. The Balaban J connectivity index is 2.01. The minimum absolute atomic E-state index is 0.0634. The van der Waals surface area contributed by atoms with Gasteiger partial charge in [-0.15, -0.1) is 0 Å². The quantitative estimate of drug-likeness (QED) is 0.527. The predicted molar refractivity (Wildman–Crippen MR) is 92.2 cm³/mol. The number of aromatic carboxylic acids is 1. The van der Waals surface area contributed by atoms with Crippen molar-refractivity contribution in [3.63, 3.8) is 0 Å². The number of carboxylic acids is 1. The van der Waals surface area contributed by atoms with E-state index in [4.69, 9.17) is 0 Å². The molecule has 118 valence electrons. The van der Waals surface area contributed by atoms with E-state index in [0.717, 1.165) is 27.2 Å². The fourth-order valence-electron chi connectivity index (χ4n) is 2.84. The molecule has 0 amide bonds. The number of hydrogen-bond donors (Lipinski definition) is 1. The number of carbonyl (C=O) groups is 1. The highest BCUT2D eigenvalue weighted by Crippen LogP contribution is 2.51. The maximum absolute atomic E-state index is 13.6. The molecule has 0 atom stereocenters. The van der Waals surface area contributed by atoms with Crippen molar-refractivity contribution in [3.05, 3.63) is 78.1 Å². The third-order valence-corrected chi connectivity index (χ3v) is 4.99. The van der Waals surface area contributed by atoms with Gasteiger partial charge in [-0.3, -0.25) is 0 Å². The number of benzene rings is 3. The molecule has 0 saturated carbocycles. The molecule has 0 radical (unpaired) electrons. The van der Waals surface area contributed by atoms with E-state index < -0.39 is 11.8 Å². The molecule has 4 rings (SSSR count). The van der Waals surface area contributed by atoms with Gasteiger partial charge in [0, 0.05) is 9.79 Å². The van der Waals surface area contributed by atoms with Gasteiger partial charge in [-0.2, -0.15) is 0 Å². The monoisotopic (exact) mass is 337 g/mol. The van der Waals surface area contributed by atoms with E-state index >= 15 is 0 Å². The molecule has 0 saturated heterocycles. The first-order valence-corrected chi connectivity index (χ1v) is 8.16. The number of rotatable bonds is 2. The highest BCUT2D eigenvalue weighted by atomic mass is 32.2. The van der Waals surface area contributed by atoms with Crippen LogP contribution in [0.1, 0.15) is 10.4 Å². The second-order valence-corrected chi connectivity index (χ2v) is 6.42. The predicted octanol–water partition coefficient (Wildman–Crippen LogP) is 5.46. The van der Waals surface area contributed by atoms with Crippen molar-refractivity contribution in [1.29, 1.82) is 0 Å². The molecule has 0 spiro atoms. The summed E-state index contributed by atoms with van der Waals surface area (Å²) >= 11 is 1.64. The van der Waals surface area contributed by atoms with Crippen LogP contribution in [0.5, 0.6) is 0 Å². The molecule has 1 aliphatic heterocycles. The van der Waals surface area contributed by atoms with Crippen LogP contribution in [0.2, 0.25) is 0 Å². The zero-order valence-electron chi connectivity index (χ0n) is 12.4. The zero-order chi connectivity index (χ0) is 16.7. The number of fused-ring (bicyclic) bond motifs is 2. The van der Waals surface area contributed by atoms with Gasteiger partial charge >= 0.3 is 5.97 Å². The van der Waals surface area contributed by atoms with Crippen molar-refractivity contribution in [1.82, 2.24) is 0 Å². The van der Waals surface area contributed by atoms with Gasteiger partial charge in [0.1, 0.15) is 5.82 Å². The maximum Gasteiger partial charge on any atom is 0.337 e. The summed E-state index contributed by atoms with van der Waals surface area (Å²) in [7, 11) is 0. The van der Waals surface area contributed by atoms with Crippen molar-refractivity contribution >= 4 is 34.8 Å². The van der Waals surface area contributed by atoms with E-state index in [9.17, 15) is 14.3 Å². The Bertz CT molecular complexity index is 912. The average molecular weight is 337 g/mol. The number of para-hydroxylation sites is 2. The van der Waals surface area contributed by atoms with E-state index in [0.29, 0.717) is 5.69 Å². The van der Waals surface area contributed by atoms with Crippen molar-refractivity contribution in [2.45, 2.75) is 9.79 Å². The lowest BCUT2D eigenvalue weighted by Crippen LogP contribution is -2.18. The van der Waals surface area contributed by atoms with Gasteiger partial charge in [-0.05, 0) is 42.5 Å². The van der Waals surface area contributed by atoms with E-state index in [1.807, 2.05) is 53.4 Å². The first kappa shape index (κ1) is 14.8. The molecule has 1 N–H and O–H groups in total. The Kier molecular flexibility index (Phi) is 3.50. The van der Waals surface area contributed by atoms with Gasteiger partial charge < -0.3 is 10.0 Å². The Morgan fingerprint density at radius 2 is 1.46 bits per heavy atom. The molecule has 3 nitrogen and oxygen atoms in total. The fraction of sp³-hybridized carbons (Fsp3) is 0. The second kappa shape index (κ2) is 5.69. The SMILES string of the molecule is O=C(O)c1cc(F)ccc1N1c2ccccc2Sc2ccccc21. The van der Waals surface area contributed by atoms with E-state index in [-0.39, 0.29) is 5.56 Å². The molecule has 3 aromatic rings. The molecule has 0 aromatic heterocycles. The van der Waals surface area contributed by atoms with Gasteiger partial charge in [0.15, 0.2) is 0 Å². The van der Waals surface area contributed by atoms with Crippen LogP contribution in [0.15, 0.2) is 76.5 Å². The topological polar surface area (TPSA) is 40.5 Å². The highest BCUT2D eigenvalue weighted by Gasteiger charge is 2.27. The number of carboxylic acid groups (broad SMARTS) is 1. The van der Waals surface area contributed by atoms with Crippen LogP contribution >= 0.6 is 11.8 Å². The first-order chi connectivity index (χ1) is 11.6. The summed E-state index contributed by atoms with van der Waals surface area (Å²) in [6.45, 7) is 0. The summed E-state index contributed by atoms with van der Waals surface area (Å²) < 4.78 is 13.6. The Hall–Kier alpha value is -2.79. The number of halogens is 1. The van der Waals surface area contributed by atoms with Crippen molar-refractivity contribution in [2.24, 2.45) is 0 Å². The lowest BCUT2D eigenvalue weighted by Gasteiger charge is -2.33. The highest BCUT2D eigenvalue weighted by molar-refractivity contribution is 7.99. The van der Waals surface area contributed by atoms with Crippen LogP contribution in [0.4, 0.5) is 21.5 Å². The summed E-state index contributed by atoms with van der Waals surface area (Å²) in [4.78, 5) is 15.6. The maximum atomic E-state index is 13.6. The molecule has 0 aliphatic carbocycles. The second-order valence-electron chi connectivity index (χ2n) is 5.34. The Labute approximate surface area is 142 Å². The van der Waals surface area contributed by atoms with Crippen molar-refractivity contribution < 1.29 is 14.3 Å². The Morgan fingerprint density at radius 3 is 2.04 bits per heavy atom. The van der Waals surface area contributed by atoms with Crippen LogP contribution in [0.25, 0.3) is 0 Å². The zero-order valence-corrected chi connectivity index (χ0v) is 13.3. The molecule has 24 heavy (non-hydrogen) atoms. The van der Waals surface area contributed by atoms with Crippen LogP contribution in [-0.4, -0.2) is 11.1 Å². The minimum atomic E-state index is -1.15. The first-order valence-electron chi connectivity index (χ1n) is 7.34. The summed E-state index contributed by atoms with van der Waals surface area (Å²) in [6, 6.07) is 19.4. The molecule has 3 aromatic carbocycles. The third-order valence-electron chi connectivity index (χ3n) is 3.86. The number of hydrogen-bond acceptors (Lipinski definition) is 3. The van der Waals surface area contributed by atoms with Gasteiger partial charge in [0.25, 0.3) is 0 Å². The molecule has 1 heterocycles. The van der Waals surface area contributed by atoms with Crippen molar-refractivity contribution in [3.8, 4) is 0 Å². The molecule has 5 heteroatoms. The molecule has 1 aliphatic rings. The van der Waals surface area contributed by atoms with E-state index in [1.54, 1.807) is 11.8 Å². The largest absolute Gasteiger partial charge is 0.478 e. The summed E-state index contributed by atoms with van der Waals surface area (Å²) in [5.74, 6) is -1.72. The van der Waals surface area contributed by atoms with Crippen molar-refractivity contribution in [2.75, 3.05) is 4.90 Å². The lowest BCUT2D eigenvalue weighted by molar-refractivity contribution is 0.0697. The Morgan fingerprint density at radius 1 is 0.875 bits per heavy atom. The van der Waals surface area contributed by atoms with Gasteiger partial charge in [0.2, 0.25) is 0 Å². The minimum Gasteiger partial charge on any atom is -0.478 e. The summed E-state index contributed by atoms with van der Waals surface area (Å²) in [6.07, 6.45) is 0. The van der Waals surface area contributed by atoms with Crippen LogP contribution in [-0.2, 0) is 0 Å². The summed E-state index contributed by atoms with van der Waals surface area (Å²) in [5, 5.41) is 9.52. The molecular weight excluding hydrogens is 325 g/mol. The molecular formula is C19H12FNO2S. The van der Waals surface area contributed by atoms with Crippen LogP contribution in [0.3, 0.4) is 0 Å². The van der Waals surface area contributed by atoms with Crippen LogP contribution < -0.4 is 4.90 Å². The van der Waals surface area contributed by atoms with Crippen LogP contribution in [0, 0.1) is 5.82 Å². The van der Waals surface area contributed by atoms with E-state index in [2.05, 4.69) is 0 Å². The smallest absolute Gasteiger partial charge is 0.337 e. The van der Waals surface area contributed by atoms with Gasteiger partial charge in [-0.25, -0.2) is 9.18 Å². The number of nitrogens with zero attached hydrogens (tertiary/aromatic N) is 1. The average Bonchev–Trinajstić information content (AvgIpc) is 2.60. The fourth-order valence-corrected chi connectivity index (χ4v) is 3.90. The molecule has 0 unspecified atom stereocenters. The van der Waals surface area contributed by atoms with Gasteiger partial charge in [0.05, 0.1) is 22.6 Å².